The number of nitrogens with zero attached hydrogens (tertiary/aromatic N) is 8. The average molecular weight is 606 g/mol. The summed E-state index contributed by atoms with van der Waals surface area (Å²) < 4.78 is 34.2. The number of ether oxygens (including phenoxy) is 1. The summed E-state index contributed by atoms with van der Waals surface area (Å²) in [6.45, 7) is 2.30. The van der Waals surface area contributed by atoms with Crippen molar-refractivity contribution >= 4 is 17.4 Å². The van der Waals surface area contributed by atoms with Gasteiger partial charge in [0.15, 0.2) is 5.65 Å². The number of nitrogens with one attached hydrogen (secondary N) is 1. The lowest BCUT2D eigenvalue weighted by Gasteiger charge is -2.39. The first-order chi connectivity index (χ1) is 21.3. The number of anilines is 1. The summed E-state index contributed by atoms with van der Waals surface area (Å²) in [5.41, 5.74) is 3.76. The highest BCUT2D eigenvalue weighted by molar-refractivity contribution is 6.08. The van der Waals surface area contributed by atoms with Gasteiger partial charge in [-0.2, -0.15) is 8.78 Å². The number of hydrogen-bond donors (Lipinski definition) is 1. The number of halogens is 2. The summed E-state index contributed by atoms with van der Waals surface area (Å²) in [5.74, 6) is 1.65. The summed E-state index contributed by atoms with van der Waals surface area (Å²) >= 11 is 0. The number of amides is 1. The minimum absolute atomic E-state index is 0.0319. The quantitative estimate of drug-likeness (QED) is 0.275. The molecule has 0 radical (unpaired) electrons. The topological polar surface area (TPSA) is 115 Å². The van der Waals surface area contributed by atoms with Crippen molar-refractivity contribution in [3.8, 4) is 0 Å². The molecule has 7 rings (SSSR count). The van der Waals surface area contributed by atoms with Crippen molar-refractivity contribution in [3.63, 3.8) is 0 Å². The monoisotopic (exact) mass is 605 g/mol. The van der Waals surface area contributed by atoms with E-state index in [2.05, 4.69) is 43.6 Å². The third-order valence-corrected chi connectivity index (χ3v) is 9.23. The summed E-state index contributed by atoms with van der Waals surface area (Å²) in [4.78, 5) is 21.1. The average Bonchev–Trinajstić information content (AvgIpc) is 3.57. The van der Waals surface area contributed by atoms with E-state index in [-0.39, 0.29) is 17.7 Å². The number of aromatic nitrogens is 7. The van der Waals surface area contributed by atoms with Gasteiger partial charge < -0.3 is 14.6 Å². The zero-order chi connectivity index (χ0) is 30.4. The lowest BCUT2D eigenvalue weighted by molar-refractivity contribution is -0.192. The van der Waals surface area contributed by atoms with Gasteiger partial charge in [0.1, 0.15) is 24.3 Å². The van der Waals surface area contributed by atoms with Crippen LogP contribution in [0, 0.1) is 11.8 Å². The van der Waals surface area contributed by atoms with Crippen molar-refractivity contribution in [2.75, 3.05) is 18.4 Å². The Balaban J connectivity index is 1.19. The second-order valence-electron chi connectivity index (χ2n) is 12.8. The fourth-order valence-electron chi connectivity index (χ4n) is 6.87. The van der Waals surface area contributed by atoms with Crippen molar-refractivity contribution in [3.05, 3.63) is 65.3 Å². The first-order valence-corrected chi connectivity index (χ1v) is 15.5. The molecular weight excluding hydrogens is 568 g/mol. The Bertz CT molecular complexity index is 1650. The number of pyridine rings is 2. The first-order valence-electron chi connectivity index (χ1n) is 15.5. The normalized spacial score (nSPS) is 23.2. The van der Waals surface area contributed by atoms with Gasteiger partial charge in [0.05, 0.1) is 11.7 Å². The predicted molar refractivity (Wildman–Crippen MR) is 157 cm³/mol. The smallest absolute Gasteiger partial charge is 0.320 e. The number of fused-ring (bicyclic) bond motifs is 1. The summed E-state index contributed by atoms with van der Waals surface area (Å²) in [6, 6.07) is 5.86. The van der Waals surface area contributed by atoms with E-state index in [4.69, 9.17) is 9.72 Å². The minimum atomic E-state index is -2.79. The highest BCUT2D eigenvalue weighted by Gasteiger charge is 2.41. The van der Waals surface area contributed by atoms with Crippen molar-refractivity contribution in [2.24, 2.45) is 18.9 Å². The van der Waals surface area contributed by atoms with Crippen LogP contribution >= 0.6 is 0 Å². The number of alkyl halides is 2. The van der Waals surface area contributed by atoms with Crippen LogP contribution in [0.3, 0.4) is 0 Å². The van der Waals surface area contributed by atoms with E-state index < -0.39 is 12.7 Å². The Labute approximate surface area is 254 Å². The van der Waals surface area contributed by atoms with Gasteiger partial charge in [0.2, 0.25) is 0 Å². The molecular formula is C31H37F2N9O2. The minimum Gasteiger partial charge on any atom is -0.320 e. The molecule has 0 bridgehead atoms. The van der Waals surface area contributed by atoms with Crippen LogP contribution in [-0.4, -0.2) is 71.0 Å². The maximum Gasteiger partial charge on any atom is 0.345 e. The summed E-state index contributed by atoms with van der Waals surface area (Å²) in [7, 11) is 1.88. The number of hydrogen-bond acceptors (Lipinski definition) is 8. The van der Waals surface area contributed by atoms with Gasteiger partial charge in [0.25, 0.3) is 5.91 Å². The number of aryl methyl sites for hydroxylation is 1. The number of carbonyl (C=O) groups is 1. The molecule has 11 nitrogen and oxygen atoms in total. The molecule has 2 saturated carbocycles. The van der Waals surface area contributed by atoms with E-state index in [1.54, 1.807) is 17.1 Å². The molecule has 3 aliphatic rings. The molecule has 4 aromatic heterocycles. The number of rotatable bonds is 10. The molecule has 2 aliphatic carbocycles. The second kappa shape index (κ2) is 11.9. The molecule has 5 heterocycles. The van der Waals surface area contributed by atoms with Crippen LogP contribution in [0.2, 0.25) is 0 Å². The van der Waals surface area contributed by atoms with Gasteiger partial charge in [-0.1, -0.05) is 6.92 Å². The van der Waals surface area contributed by atoms with Crippen LogP contribution in [0.1, 0.15) is 90.3 Å². The van der Waals surface area contributed by atoms with Crippen LogP contribution in [0.25, 0.3) is 5.65 Å². The molecule has 4 aromatic rings. The number of likely N-dealkylation sites (tertiary alicyclic amines) is 1. The van der Waals surface area contributed by atoms with Crippen LogP contribution < -0.4 is 5.32 Å². The molecule has 13 heteroatoms. The Kier molecular flexibility index (Phi) is 7.83. The Morgan fingerprint density at radius 1 is 1.11 bits per heavy atom. The summed E-state index contributed by atoms with van der Waals surface area (Å²) in [6.07, 6.45) is 10.2. The molecule has 1 unspecified atom stereocenters. The molecule has 0 aromatic carbocycles. The lowest BCUT2D eigenvalue weighted by Crippen LogP contribution is -2.37. The maximum atomic E-state index is 13.9. The SMILES string of the molecule is C[C@@H]1CCCN(Cc2cc(C(=O)Nc3cc(C(c4nncn4C)C4CC(OC(F)F)C4)cc(C4CC4)n3)c3nncn3c2)C1. The van der Waals surface area contributed by atoms with E-state index in [0.29, 0.717) is 41.7 Å². The van der Waals surface area contributed by atoms with Gasteiger partial charge in [-0.25, -0.2) is 4.98 Å². The zero-order valence-corrected chi connectivity index (χ0v) is 24.9. The molecule has 1 saturated heterocycles. The molecule has 1 N–H and O–H groups in total. The van der Waals surface area contributed by atoms with Gasteiger partial charge in [-0.05, 0) is 86.2 Å². The first kappa shape index (κ1) is 28.9. The van der Waals surface area contributed by atoms with Crippen molar-refractivity contribution in [1.29, 1.82) is 0 Å². The molecule has 3 fully saturated rings. The van der Waals surface area contributed by atoms with Gasteiger partial charge in [-0.3, -0.25) is 14.1 Å². The van der Waals surface area contributed by atoms with Crippen molar-refractivity contribution in [1.82, 2.24) is 39.2 Å². The Morgan fingerprint density at radius 2 is 1.93 bits per heavy atom. The molecule has 2 atom stereocenters. The Morgan fingerprint density at radius 3 is 2.66 bits per heavy atom. The van der Waals surface area contributed by atoms with E-state index in [1.165, 1.54) is 12.8 Å². The van der Waals surface area contributed by atoms with Crippen LogP contribution in [-0.2, 0) is 18.3 Å². The highest BCUT2D eigenvalue weighted by atomic mass is 19.3. The van der Waals surface area contributed by atoms with Gasteiger partial charge in [0, 0.05) is 43.9 Å². The van der Waals surface area contributed by atoms with Crippen molar-refractivity contribution < 1.29 is 18.3 Å². The zero-order valence-electron chi connectivity index (χ0n) is 24.9. The maximum absolute atomic E-state index is 13.9. The van der Waals surface area contributed by atoms with Crippen LogP contribution in [0.5, 0.6) is 0 Å². The van der Waals surface area contributed by atoms with Gasteiger partial charge in [-0.15, -0.1) is 20.4 Å². The lowest BCUT2D eigenvalue weighted by atomic mass is 9.70. The van der Waals surface area contributed by atoms with E-state index in [9.17, 15) is 13.6 Å². The third-order valence-electron chi connectivity index (χ3n) is 9.23. The van der Waals surface area contributed by atoms with E-state index in [1.807, 2.05) is 29.9 Å². The molecule has 44 heavy (non-hydrogen) atoms. The highest BCUT2D eigenvalue weighted by Crippen LogP contribution is 2.47. The standard InChI is InChI=1S/C31H37F2N9O2/c1-18-4-3-7-41(13-18)14-19-8-24(28-38-35-17-42(28)15-19)30(43)37-26-12-22(11-25(36-26)20-5-6-20)27(29-39-34-16-40(29)2)21-9-23(10-21)44-31(32)33/h8,11-12,15-18,20-21,23,27,31H,3-7,9-10,13-14H2,1-2H3,(H,36,37,43)/t18-,21?,23?,27?/m1/s1. The van der Waals surface area contributed by atoms with Crippen LogP contribution in [0.15, 0.2) is 37.1 Å². The molecule has 1 aliphatic heterocycles. The van der Waals surface area contributed by atoms with Gasteiger partial charge >= 0.3 is 6.61 Å². The third kappa shape index (κ3) is 6.07. The Hall–Kier alpha value is -3.84. The van der Waals surface area contributed by atoms with E-state index in [0.717, 1.165) is 55.1 Å². The van der Waals surface area contributed by atoms with Crippen molar-refractivity contribution in [2.45, 2.75) is 76.5 Å². The predicted octanol–water partition coefficient (Wildman–Crippen LogP) is 4.76. The fourth-order valence-corrected chi connectivity index (χ4v) is 6.87. The largest absolute Gasteiger partial charge is 0.345 e. The molecule has 0 spiro atoms. The molecule has 232 valence electrons. The number of carbonyl (C=O) groups excluding carboxylic acids is 1. The summed E-state index contributed by atoms with van der Waals surface area (Å²) in [5, 5.41) is 19.8. The second-order valence-corrected chi connectivity index (χ2v) is 12.8. The fraction of sp³-hybridized carbons (Fsp3) is 0.548. The van der Waals surface area contributed by atoms with E-state index >= 15 is 0 Å². The molecule has 1 amide bonds. The van der Waals surface area contributed by atoms with Crippen LogP contribution in [0.4, 0.5) is 14.6 Å². The number of piperidine rings is 1.